The van der Waals surface area contributed by atoms with Crippen molar-refractivity contribution in [1.29, 1.82) is 0 Å². The number of hydrogen-bond acceptors (Lipinski definition) is 5. The second-order valence-corrected chi connectivity index (χ2v) is 7.93. The van der Waals surface area contributed by atoms with Gasteiger partial charge >= 0.3 is 0 Å². The summed E-state index contributed by atoms with van der Waals surface area (Å²) in [6.45, 7) is 1.57. The zero-order valence-electron chi connectivity index (χ0n) is 18.9. The van der Waals surface area contributed by atoms with Crippen LogP contribution in [0.5, 0.6) is 11.5 Å². The molecule has 1 fully saturated rings. The maximum absolute atomic E-state index is 12.5. The van der Waals surface area contributed by atoms with Crippen LogP contribution in [0.1, 0.15) is 24.8 Å². The summed E-state index contributed by atoms with van der Waals surface area (Å²) in [5.74, 6) is 0.675. The Morgan fingerprint density at radius 1 is 1.00 bits per heavy atom. The quantitative estimate of drug-likeness (QED) is 0.575. The molecule has 1 aliphatic heterocycles. The minimum atomic E-state index is -0.313. The highest BCUT2D eigenvalue weighted by Crippen LogP contribution is 2.18. The number of ether oxygens (including phenoxy) is 2. The molecule has 8 heteroatoms. The molecule has 1 aliphatic rings. The minimum Gasteiger partial charge on any atom is -0.497 e. The van der Waals surface area contributed by atoms with Crippen LogP contribution in [-0.4, -0.2) is 56.0 Å². The number of amides is 3. The van der Waals surface area contributed by atoms with Crippen LogP contribution >= 0.6 is 0 Å². The fraction of sp³-hybridized carbons (Fsp3) is 0.400. The van der Waals surface area contributed by atoms with Crippen LogP contribution in [0.15, 0.2) is 54.6 Å². The summed E-state index contributed by atoms with van der Waals surface area (Å²) in [6, 6.07) is 16.8. The highest BCUT2D eigenvalue weighted by atomic mass is 16.5. The first-order valence-electron chi connectivity index (χ1n) is 11.2. The van der Waals surface area contributed by atoms with Crippen molar-refractivity contribution in [3.63, 3.8) is 0 Å². The number of piperidine rings is 1. The molecule has 0 radical (unpaired) electrons. The summed E-state index contributed by atoms with van der Waals surface area (Å²) < 4.78 is 10.7. The molecular formula is C25H31N3O5. The van der Waals surface area contributed by atoms with Gasteiger partial charge in [0.1, 0.15) is 11.5 Å². The lowest BCUT2D eigenvalue weighted by molar-refractivity contribution is -0.136. The molecule has 33 heavy (non-hydrogen) atoms. The van der Waals surface area contributed by atoms with Crippen molar-refractivity contribution in [1.82, 2.24) is 15.5 Å². The van der Waals surface area contributed by atoms with Crippen LogP contribution in [0.4, 0.5) is 0 Å². The zero-order chi connectivity index (χ0) is 23.5. The van der Waals surface area contributed by atoms with Crippen LogP contribution < -0.4 is 20.1 Å². The van der Waals surface area contributed by atoms with Gasteiger partial charge in [-0.25, -0.2) is 0 Å². The number of carbonyl (C=O) groups excluding carboxylic acids is 3. The van der Waals surface area contributed by atoms with Gasteiger partial charge in [-0.3, -0.25) is 14.4 Å². The fourth-order valence-corrected chi connectivity index (χ4v) is 3.67. The number of hydrogen-bond donors (Lipinski definition) is 2. The topological polar surface area (TPSA) is 97.0 Å². The van der Waals surface area contributed by atoms with E-state index in [0.29, 0.717) is 32.7 Å². The van der Waals surface area contributed by atoms with Crippen LogP contribution in [0.2, 0.25) is 0 Å². The van der Waals surface area contributed by atoms with Crippen molar-refractivity contribution >= 4 is 17.7 Å². The molecule has 176 valence electrons. The Morgan fingerprint density at radius 3 is 2.48 bits per heavy atom. The van der Waals surface area contributed by atoms with Gasteiger partial charge in [0.2, 0.25) is 17.7 Å². The summed E-state index contributed by atoms with van der Waals surface area (Å²) >= 11 is 0. The molecule has 3 amide bonds. The van der Waals surface area contributed by atoms with Gasteiger partial charge in [0.25, 0.3) is 0 Å². The van der Waals surface area contributed by atoms with Crippen LogP contribution in [-0.2, 0) is 20.9 Å². The van der Waals surface area contributed by atoms with Crippen LogP contribution in [0.25, 0.3) is 0 Å². The predicted molar refractivity (Wildman–Crippen MR) is 124 cm³/mol. The van der Waals surface area contributed by atoms with Gasteiger partial charge in [-0.1, -0.05) is 30.3 Å². The van der Waals surface area contributed by atoms with E-state index >= 15 is 0 Å². The SMILES string of the molecule is COc1ccc(CNC(=O)CNC(=O)C2CCCN(C(=O)CCOc3ccccc3)C2)cc1. The Balaban J connectivity index is 1.35. The van der Waals surface area contributed by atoms with E-state index in [4.69, 9.17) is 9.47 Å². The molecule has 1 unspecified atom stereocenters. The Bertz CT molecular complexity index is 917. The van der Waals surface area contributed by atoms with Crippen molar-refractivity contribution in [3.8, 4) is 11.5 Å². The number of methoxy groups -OCH3 is 1. The smallest absolute Gasteiger partial charge is 0.239 e. The first kappa shape index (κ1) is 24.1. The molecule has 3 rings (SSSR count). The fourth-order valence-electron chi connectivity index (χ4n) is 3.67. The lowest BCUT2D eigenvalue weighted by atomic mass is 9.97. The van der Waals surface area contributed by atoms with Crippen LogP contribution in [0, 0.1) is 5.92 Å². The molecule has 2 aromatic carbocycles. The monoisotopic (exact) mass is 453 g/mol. The van der Waals surface area contributed by atoms with Gasteiger partial charge in [0.15, 0.2) is 0 Å². The summed E-state index contributed by atoms with van der Waals surface area (Å²) in [7, 11) is 1.60. The molecular weight excluding hydrogens is 422 g/mol. The van der Waals surface area contributed by atoms with Crippen molar-refractivity contribution in [2.24, 2.45) is 5.92 Å². The first-order valence-corrected chi connectivity index (χ1v) is 11.2. The summed E-state index contributed by atoms with van der Waals surface area (Å²) in [5.41, 5.74) is 0.938. The van der Waals surface area contributed by atoms with Gasteiger partial charge < -0.3 is 25.0 Å². The largest absolute Gasteiger partial charge is 0.497 e. The number of likely N-dealkylation sites (tertiary alicyclic amines) is 1. The van der Waals surface area contributed by atoms with Crippen molar-refractivity contribution < 1.29 is 23.9 Å². The lowest BCUT2D eigenvalue weighted by Gasteiger charge is -2.32. The Labute approximate surface area is 194 Å². The molecule has 0 aliphatic carbocycles. The molecule has 8 nitrogen and oxygen atoms in total. The van der Waals surface area contributed by atoms with E-state index in [2.05, 4.69) is 10.6 Å². The van der Waals surface area contributed by atoms with Gasteiger partial charge in [-0.05, 0) is 42.7 Å². The number of carbonyl (C=O) groups is 3. The zero-order valence-corrected chi connectivity index (χ0v) is 18.9. The second kappa shape index (κ2) is 12.5. The van der Waals surface area contributed by atoms with E-state index in [1.54, 1.807) is 12.0 Å². The third-order valence-electron chi connectivity index (χ3n) is 5.54. The summed E-state index contributed by atoms with van der Waals surface area (Å²) in [4.78, 5) is 38.9. The molecule has 0 bridgehead atoms. The maximum atomic E-state index is 12.5. The van der Waals surface area contributed by atoms with E-state index in [9.17, 15) is 14.4 Å². The van der Waals surface area contributed by atoms with Crippen molar-refractivity contribution in [2.45, 2.75) is 25.8 Å². The molecule has 0 saturated carbocycles. The average molecular weight is 454 g/mol. The molecule has 1 saturated heterocycles. The third kappa shape index (κ3) is 7.82. The van der Waals surface area contributed by atoms with Crippen LogP contribution in [0.3, 0.4) is 0 Å². The first-order chi connectivity index (χ1) is 16.0. The molecule has 0 aromatic heterocycles. The van der Waals surface area contributed by atoms with E-state index in [1.807, 2.05) is 54.6 Å². The Kier molecular flexibility index (Phi) is 9.11. The van der Waals surface area contributed by atoms with E-state index in [1.165, 1.54) is 0 Å². The van der Waals surface area contributed by atoms with Gasteiger partial charge in [0, 0.05) is 19.6 Å². The van der Waals surface area contributed by atoms with Gasteiger partial charge in [-0.15, -0.1) is 0 Å². The Morgan fingerprint density at radius 2 is 1.76 bits per heavy atom. The minimum absolute atomic E-state index is 0.0272. The molecule has 1 atom stereocenters. The number of nitrogens with one attached hydrogen (secondary N) is 2. The molecule has 2 N–H and O–H groups in total. The third-order valence-corrected chi connectivity index (χ3v) is 5.54. The maximum Gasteiger partial charge on any atom is 0.239 e. The average Bonchev–Trinajstić information content (AvgIpc) is 2.87. The normalized spacial score (nSPS) is 15.4. The summed E-state index contributed by atoms with van der Waals surface area (Å²) in [6.07, 6.45) is 1.72. The van der Waals surface area contributed by atoms with E-state index in [0.717, 1.165) is 23.5 Å². The number of benzene rings is 2. The van der Waals surface area contributed by atoms with E-state index < -0.39 is 0 Å². The van der Waals surface area contributed by atoms with Gasteiger partial charge in [0.05, 0.1) is 32.6 Å². The lowest BCUT2D eigenvalue weighted by Crippen LogP contribution is -2.47. The highest BCUT2D eigenvalue weighted by Gasteiger charge is 2.28. The molecule has 0 spiro atoms. The molecule has 2 aromatic rings. The Hall–Kier alpha value is -3.55. The molecule has 1 heterocycles. The van der Waals surface area contributed by atoms with Crippen molar-refractivity contribution in [2.75, 3.05) is 33.4 Å². The summed E-state index contributed by atoms with van der Waals surface area (Å²) in [5, 5.41) is 5.48. The van der Waals surface area contributed by atoms with Crippen molar-refractivity contribution in [3.05, 3.63) is 60.2 Å². The number of rotatable bonds is 10. The highest BCUT2D eigenvalue weighted by molar-refractivity contribution is 5.86. The number of nitrogens with zero attached hydrogens (tertiary/aromatic N) is 1. The predicted octanol–water partition coefficient (Wildman–Crippen LogP) is 2.14. The van der Waals surface area contributed by atoms with Gasteiger partial charge in [-0.2, -0.15) is 0 Å². The standard InChI is InChI=1S/C25H31N3O5/c1-32-21-11-9-19(10-12-21)16-26-23(29)17-27-25(31)20-6-5-14-28(18-20)24(30)13-15-33-22-7-3-2-4-8-22/h2-4,7-12,20H,5-6,13-18H2,1H3,(H,26,29)(H,27,31). The second-order valence-electron chi connectivity index (χ2n) is 7.93. The van der Waals surface area contributed by atoms with E-state index in [-0.39, 0.29) is 36.6 Å². The number of para-hydroxylation sites is 1.